The van der Waals surface area contributed by atoms with Gasteiger partial charge in [-0.05, 0) is 31.9 Å². The molecule has 0 atom stereocenters. The number of hydrazine groups is 1. The first-order valence-electron chi connectivity index (χ1n) is 6.05. The Labute approximate surface area is 107 Å². The van der Waals surface area contributed by atoms with Gasteiger partial charge in [0.05, 0.1) is 17.4 Å². The molecule has 0 aliphatic heterocycles. The summed E-state index contributed by atoms with van der Waals surface area (Å²) in [4.78, 5) is 12.1. The fraction of sp³-hybridized carbons (Fsp3) is 0.462. The zero-order valence-corrected chi connectivity index (χ0v) is 10.7. The van der Waals surface area contributed by atoms with Gasteiger partial charge >= 0.3 is 0 Å². The van der Waals surface area contributed by atoms with Crippen LogP contribution in [0.4, 0.5) is 5.69 Å². The second kappa shape index (κ2) is 5.37. The Bertz CT molecular complexity index is 442. The molecule has 1 amide bonds. The van der Waals surface area contributed by atoms with Crippen LogP contribution in [0, 0.1) is 6.92 Å². The zero-order valence-electron chi connectivity index (χ0n) is 10.7. The Hall–Kier alpha value is -1.59. The normalized spacial score (nSPS) is 22.2. The average Bonchev–Trinajstić information content (AvgIpc) is 2.32. The molecule has 2 rings (SSSR count). The summed E-state index contributed by atoms with van der Waals surface area (Å²) in [5.74, 6) is 5.32. The maximum absolute atomic E-state index is 12.1. The molecule has 1 aromatic carbocycles. The summed E-state index contributed by atoms with van der Waals surface area (Å²) < 4.78 is 5.18. The monoisotopic (exact) mass is 249 g/mol. The summed E-state index contributed by atoms with van der Waals surface area (Å²) in [5, 5.41) is 2.98. The Kier molecular flexibility index (Phi) is 3.84. The van der Waals surface area contributed by atoms with Crippen molar-refractivity contribution in [2.75, 3.05) is 12.5 Å². The summed E-state index contributed by atoms with van der Waals surface area (Å²) in [6, 6.07) is 5.75. The minimum atomic E-state index is -0.0915. The number of nitrogens with one attached hydrogen (secondary N) is 2. The van der Waals surface area contributed by atoms with E-state index in [1.54, 1.807) is 7.11 Å². The molecule has 1 fully saturated rings. The van der Waals surface area contributed by atoms with E-state index in [1.807, 2.05) is 25.1 Å². The van der Waals surface area contributed by atoms with E-state index in [4.69, 9.17) is 10.6 Å². The van der Waals surface area contributed by atoms with E-state index in [2.05, 4.69) is 10.7 Å². The summed E-state index contributed by atoms with van der Waals surface area (Å²) >= 11 is 0. The third-order valence-electron chi connectivity index (χ3n) is 3.34. The van der Waals surface area contributed by atoms with Gasteiger partial charge in [0.15, 0.2) is 0 Å². The maximum Gasteiger partial charge on any atom is 0.253 e. The van der Waals surface area contributed by atoms with Gasteiger partial charge in [0, 0.05) is 13.2 Å². The topological polar surface area (TPSA) is 76.4 Å². The lowest BCUT2D eigenvalue weighted by atomic mass is 9.89. The van der Waals surface area contributed by atoms with Gasteiger partial charge in [-0.15, -0.1) is 0 Å². The predicted molar refractivity (Wildman–Crippen MR) is 70.3 cm³/mol. The highest BCUT2D eigenvalue weighted by molar-refractivity contribution is 6.00. The Morgan fingerprint density at radius 2 is 2.17 bits per heavy atom. The number of amides is 1. The number of aryl methyl sites for hydroxylation is 1. The molecule has 0 radical (unpaired) electrons. The molecule has 0 bridgehead atoms. The second-order valence-corrected chi connectivity index (χ2v) is 4.69. The molecule has 1 aliphatic rings. The van der Waals surface area contributed by atoms with E-state index >= 15 is 0 Å². The molecule has 5 nitrogen and oxygen atoms in total. The van der Waals surface area contributed by atoms with Gasteiger partial charge in [-0.2, -0.15) is 0 Å². The number of benzene rings is 1. The van der Waals surface area contributed by atoms with Crippen LogP contribution in [0.3, 0.4) is 0 Å². The minimum absolute atomic E-state index is 0.0915. The van der Waals surface area contributed by atoms with Crippen molar-refractivity contribution in [2.24, 2.45) is 5.84 Å². The number of hydrogen-bond donors (Lipinski definition) is 3. The molecule has 98 valence electrons. The number of carbonyl (C=O) groups is 1. The minimum Gasteiger partial charge on any atom is -0.381 e. The van der Waals surface area contributed by atoms with Crippen molar-refractivity contribution in [2.45, 2.75) is 31.9 Å². The molecule has 5 heteroatoms. The van der Waals surface area contributed by atoms with E-state index in [0.717, 1.165) is 18.4 Å². The summed E-state index contributed by atoms with van der Waals surface area (Å²) in [6.07, 6.45) is 2.03. The Morgan fingerprint density at radius 3 is 2.78 bits per heavy atom. The van der Waals surface area contributed by atoms with Gasteiger partial charge in [-0.25, -0.2) is 0 Å². The lowest BCUT2D eigenvalue weighted by Gasteiger charge is -2.34. The summed E-state index contributed by atoms with van der Waals surface area (Å²) in [7, 11) is 1.69. The van der Waals surface area contributed by atoms with Gasteiger partial charge in [-0.3, -0.25) is 10.6 Å². The van der Waals surface area contributed by atoms with Gasteiger partial charge in [0.25, 0.3) is 5.91 Å². The summed E-state index contributed by atoms with van der Waals surface area (Å²) in [5.41, 5.74) is 4.80. The SMILES string of the molecule is COC1CC(NC(=O)c2cc(C)ccc2NN)C1. The van der Waals surface area contributed by atoms with Crippen molar-refractivity contribution in [1.29, 1.82) is 0 Å². The van der Waals surface area contributed by atoms with E-state index in [9.17, 15) is 4.79 Å². The lowest BCUT2D eigenvalue weighted by Crippen LogP contribution is -2.47. The average molecular weight is 249 g/mol. The number of nitrogens with two attached hydrogens (primary N) is 1. The Morgan fingerprint density at radius 1 is 1.44 bits per heavy atom. The number of anilines is 1. The molecule has 0 heterocycles. The van der Waals surface area contributed by atoms with Crippen molar-refractivity contribution in [3.63, 3.8) is 0 Å². The van der Waals surface area contributed by atoms with E-state index in [1.165, 1.54) is 0 Å². The van der Waals surface area contributed by atoms with Crippen molar-refractivity contribution >= 4 is 11.6 Å². The molecule has 0 unspecified atom stereocenters. The van der Waals surface area contributed by atoms with Gasteiger partial charge in [-0.1, -0.05) is 11.6 Å². The molecular weight excluding hydrogens is 230 g/mol. The van der Waals surface area contributed by atoms with Crippen LogP contribution in [0.25, 0.3) is 0 Å². The first kappa shape index (κ1) is 12.9. The van der Waals surface area contributed by atoms with Crippen LogP contribution in [-0.2, 0) is 4.74 Å². The standard InChI is InChI=1S/C13H19N3O2/c1-8-3-4-12(16-14)11(5-8)13(17)15-9-6-10(7-9)18-2/h3-5,9-10,16H,6-7,14H2,1-2H3,(H,15,17). The molecule has 0 aromatic heterocycles. The van der Waals surface area contributed by atoms with Crippen molar-refractivity contribution in [3.8, 4) is 0 Å². The molecule has 1 aliphatic carbocycles. The molecular formula is C13H19N3O2. The molecule has 4 N–H and O–H groups in total. The fourth-order valence-electron chi connectivity index (χ4n) is 2.11. The fourth-order valence-corrected chi connectivity index (χ4v) is 2.11. The van der Waals surface area contributed by atoms with Crippen molar-refractivity contribution < 1.29 is 9.53 Å². The van der Waals surface area contributed by atoms with Crippen LogP contribution in [0.5, 0.6) is 0 Å². The largest absolute Gasteiger partial charge is 0.381 e. The van der Waals surface area contributed by atoms with Gasteiger partial charge < -0.3 is 15.5 Å². The molecule has 18 heavy (non-hydrogen) atoms. The quantitative estimate of drug-likeness (QED) is 0.553. The first-order valence-corrected chi connectivity index (χ1v) is 6.05. The van der Waals surface area contributed by atoms with E-state index in [0.29, 0.717) is 11.3 Å². The van der Waals surface area contributed by atoms with E-state index in [-0.39, 0.29) is 18.1 Å². The first-order chi connectivity index (χ1) is 8.63. The van der Waals surface area contributed by atoms with Crippen LogP contribution in [0.15, 0.2) is 18.2 Å². The lowest BCUT2D eigenvalue weighted by molar-refractivity contribution is 0.0176. The number of methoxy groups -OCH3 is 1. The van der Waals surface area contributed by atoms with Crippen molar-refractivity contribution in [1.82, 2.24) is 5.32 Å². The molecule has 0 spiro atoms. The Balaban J connectivity index is 2.02. The van der Waals surface area contributed by atoms with Crippen LogP contribution >= 0.6 is 0 Å². The molecule has 1 saturated carbocycles. The number of ether oxygens (including phenoxy) is 1. The van der Waals surface area contributed by atoms with E-state index < -0.39 is 0 Å². The van der Waals surface area contributed by atoms with Crippen LogP contribution in [0.2, 0.25) is 0 Å². The third kappa shape index (κ3) is 2.63. The second-order valence-electron chi connectivity index (χ2n) is 4.69. The number of hydrogen-bond acceptors (Lipinski definition) is 4. The zero-order chi connectivity index (χ0) is 13.1. The van der Waals surface area contributed by atoms with Crippen LogP contribution in [-0.4, -0.2) is 25.2 Å². The van der Waals surface area contributed by atoms with Crippen LogP contribution < -0.4 is 16.6 Å². The molecule has 1 aromatic rings. The smallest absolute Gasteiger partial charge is 0.253 e. The maximum atomic E-state index is 12.1. The van der Waals surface area contributed by atoms with Crippen molar-refractivity contribution in [3.05, 3.63) is 29.3 Å². The number of nitrogen functional groups attached to an aromatic ring is 1. The number of rotatable bonds is 4. The third-order valence-corrected chi connectivity index (χ3v) is 3.34. The highest BCUT2D eigenvalue weighted by atomic mass is 16.5. The van der Waals surface area contributed by atoms with Gasteiger partial charge in [0.1, 0.15) is 0 Å². The molecule has 0 saturated heterocycles. The van der Waals surface area contributed by atoms with Crippen LogP contribution in [0.1, 0.15) is 28.8 Å². The summed E-state index contributed by atoms with van der Waals surface area (Å²) in [6.45, 7) is 1.95. The highest BCUT2D eigenvalue weighted by Crippen LogP contribution is 2.24. The number of carbonyl (C=O) groups excluding carboxylic acids is 1. The highest BCUT2D eigenvalue weighted by Gasteiger charge is 2.30. The predicted octanol–water partition coefficient (Wildman–Crippen LogP) is 1.19. The van der Waals surface area contributed by atoms with Gasteiger partial charge in [0.2, 0.25) is 0 Å².